The van der Waals surface area contributed by atoms with Crippen molar-refractivity contribution in [1.29, 1.82) is 0 Å². The van der Waals surface area contributed by atoms with Crippen LogP contribution in [-0.2, 0) is 17.5 Å². The van der Waals surface area contributed by atoms with Crippen LogP contribution in [-0.4, -0.2) is 23.6 Å². The number of nitrogens with zero attached hydrogens (tertiary/aromatic N) is 1. The molecule has 0 saturated heterocycles. The summed E-state index contributed by atoms with van der Waals surface area (Å²) in [5.74, 6) is -0.935. The first-order valence-electron chi connectivity index (χ1n) is 7.58. The highest BCUT2D eigenvalue weighted by molar-refractivity contribution is 6.31. The molecule has 2 aromatic carbocycles. The molecule has 3 rings (SSSR count). The van der Waals surface area contributed by atoms with Crippen molar-refractivity contribution in [2.45, 2.75) is 12.7 Å². The van der Waals surface area contributed by atoms with Crippen LogP contribution < -0.4 is 15.1 Å². The van der Waals surface area contributed by atoms with Gasteiger partial charge in [0.25, 0.3) is 11.8 Å². The first kappa shape index (κ1) is 19.0. The van der Waals surface area contributed by atoms with Crippen molar-refractivity contribution < 1.29 is 32.7 Å². The van der Waals surface area contributed by atoms with Gasteiger partial charge in [-0.3, -0.25) is 14.8 Å². The molecule has 2 N–H and O–H groups in total. The van der Waals surface area contributed by atoms with Gasteiger partial charge in [-0.2, -0.15) is 13.2 Å². The quantitative estimate of drug-likeness (QED) is 0.611. The highest BCUT2D eigenvalue weighted by Crippen LogP contribution is 2.36. The van der Waals surface area contributed by atoms with Crippen LogP contribution in [0.5, 0.6) is 5.75 Å². The summed E-state index contributed by atoms with van der Waals surface area (Å²) in [6.07, 6.45) is -4.53. The molecular weight excluding hydrogens is 389 g/mol. The van der Waals surface area contributed by atoms with Crippen molar-refractivity contribution in [3.05, 3.63) is 58.1 Å². The minimum absolute atomic E-state index is 0.0677. The third-order valence-electron chi connectivity index (χ3n) is 3.97. The molecule has 27 heavy (non-hydrogen) atoms. The molecular formula is C17H12ClF3N2O4. The van der Waals surface area contributed by atoms with E-state index in [2.05, 4.69) is 0 Å². The van der Waals surface area contributed by atoms with Crippen LogP contribution in [0.25, 0.3) is 0 Å². The smallest absolute Gasteiger partial charge is 0.416 e. The maximum absolute atomic E-state index is 12.8. The van der Waals surface area contributed by atoms with Crippen LogP contribution in [0.2, 0.25) is 5.02 Å². The first-order valence-corrected chi connectivity index (χ1v) is 7.96. The van der Waals surface area contributed by atoms with E-state index >= 15 is 0 Å². The van der Waals surface area contributed by atoms with E-state index in [0.717, 1.165) is 12.1 Å². The second kappa shape index (κ2) is 7.09. The highest BCUT2D eigenvalue weighted by atomic mass is 35.5. The Bertz CT molecular complexity index is 918. The van der Waals surface area contributed by atoms with E-state index < -0.39 is 23.6 Å². The number of carbonyl (C=O) groups excluding carboxylic acids is 2. The molecule has 0 aromatic heterocycles. The zero-order valence-electron chi connectivity index (χ0n) is 13.5. The zero-order chi connectivity index (χ0) is 19.8. The summed E-state index contributed by atoms with van der Waals surface area (Å²) in [5, 5.41) is 8.61. The molecule has 2 aromatic rings. The third kappa shape index (κ3) is 3.83. The molecule has 0 spiro atoms. The molecule has 142 valence electrons. The van der Waals surface area contributed by atoms with Gasteiger partial charge in [0.1, 0.15) is 5.75 Å². The number of fused-ring (bicyclic) bond motifs is 1. The van der Waals surface area contributed by atoms with Gasteiger partial charge in [-0.15, -0.1) is 0 Å². The van der Waals surface area contributed by atoms with Crippen LogP contribution in [0.4, 0.5) is 18.9 Å². The Morgan fingerprint density at radius 3 is 2.63 bits per heavy atom. The van der Waals surface area contributed by atoms with Gasteiger partial charge in [-0.05, 0) is 35.9 Å². The predicted molar refractivity (Wildman–Crippen MR) is 88.8 cm³/mol. The number of halogens is 4. The topological polar surface area (TPSA) is 78.9 Å². The lowest BCUT2D eigenvalue weighted by atomic mass is 10.1. The van der Waals surface area contributed by atoms with E-state index in [0.29, 0.717) is 11.3 Å². The van der Waals surface area contributed by atoms with Gasteiger partial charge in [0.2, 0.25) is 0 Å². The second-order valence-corrected chi connectivity index (χ2v) is 6.10. The number of benzene rings is 2. The molecule has 2 amide bonds. The molecule has 6 nitrogen and oxygen atoms in total. The standard InChI is InChI=1S/C17H12ClF3N2O4/c18-12-6-11(17(19,20)21)3-1-10(12)7-23-13-5-9(16(25)22-26)2-4-14(13)27-8-15(23)24/h1-6,26H,7-8H2,(H,22,25). The van der Waals surface area contributed by atoms with Crippen molar-refractivity contribution >= 4 is 29.1 Å². The van der Waals surface area contributed by atoms with Crippen LogP contribution in [0, 0.1) is 0 Å². The Hall–Kier alpha value is -2.78. The number of anilines is 1. The molecule has 0 radical (unpaired) electrons. The lowest BCUT2D eigenvalue weighted by molar-refractivity contribution is -0.137. The lowest BCUT2D eigenvalue weighted by Crippen LogP contribution is -2.38. The molecule has 0 bridgehead atoms. The van der Waals surface area contributed by atoms with Gasteiger partial charge >= 0.3 is 6.18 Å². The van der Waals surface area contributed by atoms with E-state index in [-0.39, 0.29) is 29.4 Å². The van der Waals surface area contributed by atoms with Gasteiger partial charge in [0.15, 0.2) is 6.61 Å². The van der Waals surface area contributed by atoms with Gasteiger partial charge in [-0.25, -0.2) is 5.48 Å². The van der Waals surface area contributed by atoms with E-state index in [1.54, 1.807) is 0 Å². The summed E-state index contributed by atoms with van der Waals surface area (Å²) in [6, 6.07) is 7.03. The van der Waals surface area contributed by atoms with Crippen LogP contribution in [0.3, 0.4) is 0 Å². The molecule has 0 saturated carbocycles. The number of carbonyl (C=O) groups is 2. The minimum Gasteiger partial charge on any atom is -0.482 e. The monoisotopic (exact) mass is 400 g/mol. The molecule has 0 fully saturated rings. The van der Waals surface area contributed by atoms with Crippen LogP contribution >= 0.6 is 11.6 Å². The summed E-state index contributed by atoms with van der Waals surface area (Å²) in [7, 11) is 0. The molecule has 0 unspecified atom stereocenters. The van der Waals surface area contributed by atoms with Crippen molar-refractivity contribution in [3.8, 4) is 5.75 Å². The normalized spacial score (nSPS) is 13.8. The van der Waals surface area contributed by atoms with E-state index in [1.165, 1.54) is 34.6 Å². The molecule has 1 aliphatic heterocycles. The summed E-state index contributed by atoms with van der Waals surface area (Å²) in [5.41, 5.74) is 1.19. The van der Waals surface area contributed by atoms with E-state index in [9.17, 15) is 22.8 Å². The number of amides is 2. The Morgan fingerprint density at radius 1 is 1.26 bits per heavy atom. The lowest BCUT2D eigenvalue weighted by Gasteiger charge is -2.30. The van der Waals surface area contributed by atoms with Crippen molar-refractivity contribution in [2.24, 2.45) is 0 Å². The third-order valence-corrected chi connectivity index (χ3v) is 4.33. The molecule has 0 aliphatic carbocycles. The van der Waals surface area contributed by atoms with Crippen molar-refractivity contribution in [3.63, 3.8) is 0 Å². The Labute approximate surface area is 156 Å². The Balaban J connectivity index is 1.96. The van der Waals surface area contributed by atoms with Crippen LogP contribution in [0.15, 0.2) is 36.4 Å². The number of nitrogens with one attached hydrogen (secondary N) is 1. The minimum atomic E-state index is -4.53. The van der Waals surface area contributed by atoms with Gasteiger partial charge < -0.3 is 9.64 Å². The van der Waals surface area contributed by atoms with Gasteiger partial charge in [0.05, 0.1) is 17.8 Å². The fourth-order valence-electron chi connectivity index (χ4n) is 2.60. The maximum Gasteiger partial charge on any atom is 0.416 e. The highest BCUT2D eigenvalue weighted by Gasteiger charge is 2.32. The average Bonchev–Trinajstić information content (AvgIpc) is 2.63. The van der Waals surface area contributed by atoms with Crippen molar-refractivity contribution in [2.75, 3.05) is 11.5 Å². The van der Waals surface area contributed by atoms with E-state index in [4.69, 9.17) is 21.5 Å². The largest absolute Gasteiger partial charge is 0.482 e. The molecule has 10 heteroatoms. The number of rotatable bonds is 3. The fourth-order valence-corrected chi connectivity index (χ4v) is 2.84. The number of hydrogen-bond donors (Lipinski definition) is 2. The summed E-state index contributed by atoms with van der Waals surface area (Å²) >= 11 is 5.97. The van der Waals surface area contributed by atoms with E-state index in [1.807, 2.05) is 0 Å². The number of ether oxygens (including phenoxy) is 1. The average molecular weight is 401 g/mol. The number of hydroxylamine groups is 1. The summed E-state index contributed by atoms with van der Waals surface area (Å²) in [4.78, 5) is 25.1. The zero-order valence-corrected chi connectivity index (χ0v) is 14.3. The van der Waals surface area contributed by atoms with Gasteiger partial charge in [0, 0.05) is 10.6 Å². The second-order valence-electron chi connectivity index (χ2n) is 5.70. The fraction of sp³-hybridized carbons (Fsp3) is 0.176. The Kier molecular flexibility index (Phi) is 4.99. The van der Waals surface area contributed by atoms with Crippen molar-refractivity contribution in [1.82, 2.24) is 5.48 Å². The van der Waals surface area contributed by atoms with Gasteiger partial charge in [-0.1, -0.05) is 17.7 Å². The molecule has 1 aliphatic rings. The molecule has 0 atom stereocenters. The predicted octanol–water partition coefficient (Wildman–Crippen LogP) is 3.40. The number of hydrogen-bond acceptors (Lipinski definition) is 4. The number of alkyl halides is 3. The molecule has 1 heterocycles. The SMILES string of the molecule is O=C(NO)c1ccc2c(c1)N(Cc1ccc(C(F)(F)F)cc1Cl)C(=O)CO2. The summed E-state index contributed by atoms with van der Waals surface area (Å²) < 4.78 is 43.6. The van der Waals surface area contributed by atoms with Crippen LogP contribution in [0.1, 0.15) is 21.5 Å². The Morgan fingerprint density at radius 2 is 2.00 bits per heavy atom. The summed E-state index contributed by atoms with van der Waals surface area (Å²) in [6.45, 7) is -0.382. The first-order chi connectivity index (χ1) is 12.7. The maximum atomic E-state index is 12.8.